The molecule has 0 N–H and O–H groups in total. The molecule has 4 heterocycles. The van der Waals surface area contributed by atoms with E-state index in [4.69, 9.17) is 19.9 Å². The summed E-state index contributed by atoms with van der Waals surface area (Å²) in [6.45, 7) is 13.3. The number of hydrogen-bond acceptors (Lipinski definition) is 6. The lowest BCUT2D eigenvalue weighted by Gasteiger charge is -2.30. The van der Waals surface area contributed by atoms with E-state index in [9.17, 15) is 0 Å². The van der Waals surface area contributed by atoms with Gasteiger partial charge in [-0.05, 0) is 326 Å². The van der Waals surface area contributed by atoms with Gasteiger partial charge in [-0.1, -0.05) is 339 Å². The minimum absolute atomic E-state index is 0.443. The van der Waals surface area contributed by atoms with Crippen LogP contribution in [0, 0.1) is 41.5 Å². The van der Waals surface area contributed by atoms with Crippen molar-refractivity contribution in [2.75, 3.05) is 0 Å². The van der Waals surface area contributed by atoms with E-state index in [1.807, 2.05) is 35.1 Å². The number of aromatic nitrogens is 4. The van der Waals surface area contributed by atoms with Gasteiger partial charge in [-0.3, -0.25) is 9.97 Å². The zero-order valence-electron chi connectivity index (χ0n) is 79.0. The molecule has 4 aliphatic carbocycles. The Hall–Kier alpha value is -17.0. The average Bonchev–Trinajstić information content (AvgIpc) is 1.51. The summed E-state index contributed by atoms with van der Waals surface area (Å²) in [4.78, 5) is 21.7. The predicted octanol–water partition coefficient (Wildman–Crippen LogP) is 36.5. The first-order valence-corrected chi connectivity index (χ1v) is 50.9. The number of nitrogens with zero attached hydrogens (tertiary/aromatic N) is 4. The first-order chi connectivity index (χ1) is 69.8. The van der Waals surface area contributed by atoms with Crippen LogP contribution in [0.1, 0.15) is 77.9 Å². The van der Waals surface area contributed by atoms with Crippen LogP contribution in [0.3, 0.4) is 0 Å². The van der Waals surface area contributed by atoms with E-state index in [0.29, 0.717) is 0 Å². The summed E-state index contributed by atoms with van der Waals surface area (Å²) in [7, 11) is 0. The van der Waals surface area contributed by atoms with Crippen molar-refractivity contribution >= 4 is 128 Å². The summed E-state index contributed by atoms with van der Waals surface area (Å²) in [5.74, 6) is 0. The molecule has 664 valence electrons. The van der Waals surface area contributed by atoms with Crippen LogP contribution in [0.5, 0.6) is 0 Å². The molecular formula is C136H88N4S2. The van der Waals surface area contributed by atoms with Gasteiger partial charge in [0.25, 0.3) is 0 Å². The number of hydrogen-bond donors (Lipinski definition) is 0. The van der Waals surface area contributed by atoms with E-state index in [0.717, 1.165) is 93.6 Å². The standard InChI is InChI=1S/C84H48N2S.C52H40N2S/c1-8-25-70-56(18-1)57-19-2-9-26-71(57)83(70)74-29-12-5-22-60(74)62-37-32-53(46-76(62)83)50-34-39-65-67(43-50)68-44-51(54-33-38-63-61-23-6-13-30-75(61)84(77(63)47-54)72-27-10-3-20-58(72)59-21-4-11-28-73(59)84)35-40-66(68)82-81(65)85-48-78(86-82)55-17-15-16-49(42-55)52-36-41-80-69(45-52)64-24-7-14-31-79(64)87-80;1-29-20-31(3)49(32(4)21-29)38-14-17-41-43(26-38)44-27-39(50-33(5)22-30(2)23-34(50)6)15-18-42(44)52-51(41)53-28-46(54-52)37-11-9-10-35(24-37)36-16-19-48-45(25-36)40-12-7-8-13-47(40)55-48/h1-48H;7-28H,1-6H3. The molecule has 26 aromatic rings. The van der Waals surface area contributed by atoms with Gasteiger partial charge in [0.1, 0.15) is 0 Å². The highest BCUT2D eigenvalue weighted by Gasteiger charge is 2.53. The van der Waals surface area contributed by atoms with Gasteiger partial charge in [0.15, 0.2) is 0 Å². The number of fused-ring (bicyclic) bond motifs is 38. The molecule has 30 rings (SSSR count). The molecule has 22 aromatic carbocycles. The van der Waals surface area contributed by atoms with E-state index >= 15 is 0 Å². The van der Waals surface area contributed by atoms with E-state index in [1.165, 1.54) is 224 Å². The summed E-state index contributed by atoms with van der Waals surface area (Å²) in [5.41, 5.74) is 49.9. The van der Waals surface area contributed by atoms with E-state index in [2.05, 4.69) is 454 Å². The number of thiophene rings is 2. The third-order valence-electron chi connectivity index (χ3n) is 31.6. The number of benzene rings is 22. The van der Waals surface area contributed by atoms with Crippen LogP contribution in [0.4, 0.5) is 0 Å². The van der Waals surface area contributed by atoms with Gasteiger partial charge in [-0.2, -0.15) is 0 Å². The Morgan fingerprint density at radius 2 is 0.437 bits per heavy atom. The minimum Gasteiger partial charge on any atom is -0.252 e. The van der Waals surface area contributed by atoms with Crippen molar-refractivity contribution in [2.45, 2.75) is 52.4 Å². The fourth-order valence-corrected chi connectivity index (χ4v) is 27.9. The molecule has 0 unspecified atom stereocenters. The van der Waals surface area contributed by atoms with Crippen molar-refractivity contribution < 1.29 is 0 Å². The molecule has 0 radical (unpaired) electrons. The largest absolute Gasteiger partial charge is 0.252 e. The lowest BCUT2D eigenvalue weighted by Crippen LogP contribution is -2.25. The Morgan fingerprint density at radius 1 is 0.176 bits per heavy atom. The summed E-state index contributed by atoms with van der Waals surface area (Å²) in [6, 6.07) is 155. The smallest absolute Gasteiger partial charge is 0.0979 e. The molecule has 2 spiro atoms. The zero-order valence-corrected chi connectivity index (χ0v) is 80.7. The van der Waals surface area contributed by atoms with Gasteiger partial charge in [-0.15, -0.1) is 22.7 Å². The highest BCUT2D eigenvalue weighted by molar-refractivity contribution is 7.26. The van der Waals surface area contributed by atoms with Crippen molar-refractivity contribution in [1.29, 1.82) is 0 Å². The molecule has 4 aliphatic rings. The number of aryl methyl sites for hydroxylation is 6. The van der Waals surface area contributed by atoms with Crippen LogP contribution in [-0.2, 0) is 10.8 Å². The molecule has 6 heteroatoms. The van der Waals surface area contributed by atoms with Gasteiger partial charge in [0.05, 0.1) is 56.7 Å². The SMILES string of the molecule is Cc1cc(C)c(-c2ccc3c(c2)c2cc(-c4c(C)cc(C)cc4C)ccc2c2nc(-c4cccc(-c5ccc6sc7ccccc7c6c5)c4)cnc32)c(C)c1.c1cc(-c2ccc3sc4ccccc4c3c2)cc(-c2cnc3c4ccc(-c5ccc6c(c5)C5(c7ccccc7-c7ccccc75)c5ccccc5-6)cc4c4cc(-c5ccc6c(c5)C5(c7ccccc7-c7ccccc75)c5ccccc5-6)ccc4c3n2)c1. The van der Waals surface area contributed by atoms with Crippen molar-refractivity contribution in [3.05, 3.63) is 503 Å². The Morgan fingerprint density at radius 3 is 0.796 bits per heavy atom. The Balaban J connectivity index is 0.000000151. The van der Waals surface area contributed by atoms with Crippen molar-refractivity contribution in [3.63, 3.8) is 0 Å². The summed E-state index contributed by atoms with van der Waals surface area (Å²) < 4.78 is 5.25. The molecule has 0 fully saturated rings. The van der Waals surface area contributed by atoms with E-state index in [1.54, 1.807) is 0 Å². The molecule has 0 bridgehead atoms. The van der Waals surface area contributed by atoms with Gasteiger partial charge >= 0.3 is 0 Å². The monoisotopic (exact) mass is 1840 g/mol. The van der Waals surface area contributed by atoms with Crippen LogP contribution in [0.2, 0.25) is 0 Å². The van der Waals surface area contributed by atoms with Crippen LogP contribution in [-0.4, -0.2) is 19.9 Å². The topological polar surface area (TPSA) is 51.6 Å². The molecule has 4 aromatic heterocycles. The molecular weight excluding hydrogens is 1750 g/mol. The minimum atomic E-state index is -0.448. The second-order valence-corrected chi connectivity index (χ2v) is 41.7. The van der Waals surface area contributed by atoms with Crippen molar-refractivity contribution in [3.8, 4) is 134 Å². The Labute approximate surface area is 830 Å². The van der Waals surface area contributed by atoms with Crippen LogP contribution < -0.4 is 0 Å². The van der Waals surface area contributed by atoms with Gasteiger partial charge < -0.3 is 0 Å². The van der Waals surface area contributed by atoms with Crippen molar-refractivity contribution in [2.24, 2.45) is 0 Å². The Bertz CT molecular complexity index is 9880. The third-order valence-corrected chi connectivity index (χ3v) is 33.9. The fraction of sp³-hybridized carbons (Fsp3) is 0.0588. The zero-order chi connectivity index (χ0) is 94.2. The average molecular weight is 1840 g/mol. The second kappa shape index (κ2) is 31.3. The Kier molecular flexibility index (Phi) is 18.1. The maximum absolute atomic E-state index is 5.66. The molecule has 4 nitrogen and oxygen atoms in total. The highest BCUT2D eigenvalue weighted by Crippen LogP contribution is 2.66. The number of rotatable bonds is 8. The highest BCUT2D eigenvalue weighted by atomic mass is 32.1. The van der Waals surface area contributed by atoms with Gasteiger partial charge in [-0.25, -0.2) is 9.97 Å². The van der Waals surface area contributed by atoms with E-state index < -0.39 is 10.8 Å². The maximum atomic E-state index is 5.66. The molecule has 0 saturated heterocycles. The first-order valence-electron chi connectivity index (χ1n) is 49.2. The van der Waals surface area contributed by atoms with Gasteiger partial charge in [0.2, 0.25) is 0 Å². The van der Waals surface area contributed by atoms with E-state index in [-0.39, 0.29) is 0 Å². The predicted molar refractivity (Wildman–Crippen MR) is 599 cm³/mol. The van der Waals surface area contributed by atoms with Crippen LogP contribution in [0.25, 0.3) is 239 Å². The molecule has 0 saturated carbocycles. The normalized spacial score (nSPS) is 13.1. The van der Waals surface area contributed by atoms with Crippen molar-refractivity contribution in [1.82, 2.24) is 19.9 Å². The quantitative estimate of drug-likeness (QED) is 0.142. The van der Waals surface area contributed by atoms with Gasteiger partial charge in [0, 0.05) is 73.0 Å². The third kappa shape index (κ3) is 12.1. The van der Waals surface area contributed by atoms with Crippen LogP contribution >= 0.6 is 22.7 Å². The molecule has 0 amide bonds. The maximum Gasteiger partial charge on any atom is 0.0979 e. The fourth-order valence-electron chi connectivity index (χ4n) is 25.7. The second-order valence-electron chi connectivity index (χ2n) is 39.6. The lowest BCUT2D eigenvalue weighted by molar-refractivity contribution is 0.794. The van der Waals surface area contributed by atoms with Crippen LogP contribution in [0.15, 0.2) is 425 Å². The summed E-state index contributed by atoms with van der Waals surface area (Å²) in [5, 5.41) is 14.3. The first kappa shape index (κ1) is 82.1. The summed E-state index contributed by atoms with van der Waals surface area (Å²) >= 11 is 3.70. The lowest BCUT2D eigenvalue weighted by atomic mass is 9.70. The summed E-state index contributed by atoms with van der Waals surface area (Å²) in [6.07, 6.45) is 3.94. The molecule has 142 heavy (non-hydrogen) atoms. The molecule has 0 atom stereocenters. The molecule has 0 aliphatic heterocycles.